The molecule has 0 aromatic heterocycles. The Morgan fingerprint density at radius 3 is 3.00 bits per heavy atom. The van der Waals surface area contributed by atoms with Gasteiger partial charge in [-0.15, -0.1) is 0 Å². The zero-order valence-corrected chi connectivity index (χ0v) is 12.2. The van der Waals surface area contributed by atoms with Gasteiger partial charge in [0.15, 0.2) is 0 Å². The zero-order chi connectivity index (χ0) is 15.2. The van der Waals surface area contributed by atoms with Crippen LogP contribution in [0.3, 0.4) is 0 Å². The van der Waals surface area contributed by atoms with Crippen LogP contribution in [-0.4, -0.2) is 42.5 Å². The summed E-state index contributed by atoms with van der Waals surface area (Å²) in [5.74, 6) is 0.659. The Labute approximate surface area is 124 Å². The fourth-order valence-corrected chi connectivity index (χ4v) is 2.41. The summed E-state index contributed by atoms with van der Waals surface area (Å²) in [5, 5.41) is 2.84. The highest BCUT2D eigenvalue weighted by atomic mass is 16.5. The van der Waals surface area contributed by atoms with Gasteiger partial charge in [-0.25, -0.2) is 0 Å². The molecule has 1 heterocycles. The van der Waals surface area contributed by atoms with E-state index >= 15 is 0 Å². The third-order valence-electron chi connectivity index (χ3n) is 3.39. The van der Waals surface area contributed by atoms with Gasteiger partial charge in [-0.1, -0.05) is 6.07 Å². The van der Waals surface area contributed by atoms with Crippen LogP contribution >= 0.6 is 0 Å². The van der Waals surface area contributed by atoms with Gasteiger partial charge < -0.3 is 20.7 Å². The predicted molar refractivity (Wildman–Crippen MR) is 79.8 cm³/mol. The predicted octanol–water partition coefficient (Wildman–Crippen LogP) is 0.775. The summed E-state index contributed by atoms with van der Waals surface area (Å²) in [6.45, 7) is 3.08. The van der Waals surface area contributed by atoms with Crippen LogP contribution in [0.1, 0.15) is 19.8 Å². The minimum absolute atomic E-state index is 0.0479. The van der Waals surface area contributed by atoms with E-state index in [4.69, 9.17) is 10.5 Å². The second-order valence-electron chi connectivity index (χ2n) is 5.20. The van der Waals surface area contributed by atoms with Crippen molar-refractivity contribution in [1.82, 2.24) is 10.2 Å². The van der Waals surface area contributed by atoms with E-state index in [-0.39, 0.29) is 17.9 Å². The number of carbonyl (C=O) groups is 2. The molecule has 1 unspecified atom stereocenters. The molecule has 1 saturated heterocycles. The molecule has 2 amide bonds. The third-order valence-corrected chi connectivity index (χ3v) is 3.39. The van der Waals surface area contributed by atoms with Crippen molar-refractivity contribution in [1.29, 1.82) is 0 Å². The SMILES string of the molecule is CC(=O)NC1CCN(C(=O)CCOc2cccc(N)c2)C1. The standard InChI is InChI=1S/C15H21N3O3/c1-11(19)17-13-5-7-18(10-13)15(20)6-8-21-14-4-2-3-12(16)9-14/h2-4,9,13H,5-8,10,16H2,1H3,(H,17,19). The number of likely N-dealkylation sites (tertiary alicyclic amines) is 1. The number of benzene rings is 1. The van der Waals surface area contributed by atoms with Gasteiger partial charge in [0.05, 0.1) is 13.0 Å². The van der Waals surface area contributed by atoms with Crippen LogP contribution in [-0.2, 0) is 9.59 Å². The molecule has 1 fully saturated rings. The number of anilines is 1. The smallest absolute Gasteiger partial charge is 0.226 e. The fourth-order valence-electron chi connectivity index (χ4n) is 2.41. The zero-order valence-electron chi connectivity index (χ0n) is 12.2. The summed E-state index contributed by atoms with van der Waals surface area (Å²) in [6.07, 6.45) is 1.13. The molecule has 1 atom stereocenters. The van der Waals surface area contributed by atoms with Gasteiger partial charge in [-0.2, -0.15) is 0 Å². The summed E-state index contributed by atoms with van der Waals surface area (Å²) >= 11 is 0. The van der Waals surface area contributed by atoms with Gasteiger partial charge in [-0.3, -0.25) is 9.59 Å². The molecule has 0 spiro atoms. The van der Waals surface area contributed by atoms with Crippen LogP contribution in [0.5, 0.6) is 5.75 Å². The van der Waals surface area contributed by atoms with Crippen LogP contribution in [0.4, 0.5) is 5.69 Å². The molecule has 0 aliphatic carbocycles. The Bertz CT molecular complexity index is 519. The summed E-state index contributed by atoms with van der Waals surface area (Å²) in [5.41, 5.74) is 6.29. The molecule has 1 aliphatic rings. The first-order valence-corrected chi connectivity index (χ1v) is 7.08. The lowest BCUT2D eigenvalue weighted by atomic mass is 10.2. The largest absolute Gasteiger partial charge is 0.493 e. The maximum atomic E-state index is 12.0. The number of hydrogen-bond donors (Lipinski definition) is 2. The number of rotatable bonds is 5. The van der Waals surface area contributed by atoms with Crippen molar-refractivity contribution in [3.05, 3.63) is 24.3 Å². The number of nitrogen functional groups attached to an aromatic ring is 1. The first-order chi connectivity index (χ1) is 10.0. The maximum Gasteiger partial charge on any atom is 0.226 e. The highest BCUT2D eigenvalue weighted by molar-refractivity contribution is 5.77. The Hall–Kier alpha value is -2.24. The van der Waals surface area contributed by atoms with E-state index in [0.29, 0.717) is 37.6 Å². The number of hydrogen-bond acceptors (Lipinski definition) is 4. The van der Waals surface area contributed by atoms with E-state index in [9.17, 15) is 9.59 Å². The topological polar surface area (TPSA) is 84.7 Å². The van der Waals surface area contributed by atoms with Crippen molar-refractivity contribution in [2.45, 2.75) is 25.8 Å². The molecule has 2 rings (SSSR count). The average molecular weight is 291 g/mol. The molecule has 6 nitrogen and oxygen atoms in total. The van der Waals surface area contributed by atoms with Crippen molar-refractivity contribution in [2.24, 2.45) is 0 Å². The number of carbonyl (C=O) groups excluding carboxylic acids is 2. The Morgan fingerprint density at radius 1 is 1.48 bits per heavy atom. The molecule has 1 aliphatic heterocycles. The second kappa shape index (κ2) is 6.97. The summed E-state index contributed by atoms with van der Waals surface area (Å²) in [6, 6.07) is 7.20. The lowest BCUT2D eigenvalue weighted by molar-refractivity contribution is -0.131. The van der Waals surface area contributed by atoms with Crippen molar-refractivity contribution in [2.75, 3.05) is 25.4 Å². The lowest BCUT2D eigenvalue weighted by Gasteiger charge is -2.17. The highest BCUT2D eigenvalue weighted by Gasteiger charge is 2.26. The summed E-state index contributed by atoms with van der Waals surface area (Å²) < 4.78 is 5.51. The molecule has 6 heteroatoms. The van der Waals surface area contributed by atoms with E-state index in [1.54, 1.807) is 17.0 Å². The van der Waals surface area contributed by atoms with E-state index in [2.05, 4.69) is 5.32 Å². The minimum Gasteiger partial charge on any atom is -0.493 e. The van der Waals surface area contributed by atoms with Gasteiger partial charge >= 0.3 is 0 Å². The average Bonchev–Trinajstić information content (AvgIpc) is 2.86. The molecule has 0 radical (unpaired) electrons. The number of amides is 2. The molecule has 114 valence electrons. The van der Waals surface area contributed by atoms with Gasteiger partial charge in [0, 0.05) is 37.8 Å². The quantitative estimate of drug-likeness (QED) is 0.785. The minimum atomic E-state index is -0.0562. The summed E-state index contributed by atoms with van der Waals surface area (Å²) in [7, 11) is 0. The normalized spacial score (nSPS) is 17.6. The Balaban J connectivity index is 1.72. The van der Waals surface area contributed by atoms with Crippen LogP contribution < -0.4 is 15.8 Å². The van der Waals surface area contributed by atoms with Crippen LogP contribution in [0.15, 0.2) is 24.3 Å². The maximum absolute atomic E-state index is 12.0. The van der Waals surface area contributed by atoms with Gasteiger partial charge in [0.2, 0.25) is 11.8 Å². The molecular formula is C15H21N3O3. The molecule has 0 bridgehead atoms. The summed E-state index contributed by atoms with van der Waals surface area (Å²) in [4.78, 5) is 24.8. The number of nitrogens with one attached hydrogen (secondary N) is 1. The van der Waals surface area contributed by atoms with Crippen molar-refractivity contribution >= 4 is 17.5 Å². The first-order valence-electron chi connectivity index (χ1n) is 7.08. The first kappa shape index (κ1) is 15.2. The van der Waals surface area contributed by atoms with Crippen molar-refractivity contribution < 1.29 is 14.3 Å². The lowest BCUT2D eigenvalue weighted by Crippen LogP contribution is -2.37. The van der Waals surface area contributed by atoms with E-state index in [0.717, 1.165) is 6.42 Å². The molecule has 21 heavy (non-hydrogen) atoms. The van der Waals surface area contributed by atoms with Crippen LogP contribution in [0.25, 0.3) is 0 Å². The van der Waals surface area contributed by atoms with Crippen molar-refractivity contribution in [3.63, 3.8) is 0 Å². The molecule has 1 aromatic rings. The molecular weight excluding hydrogens is 270 g/mol. The number of ether oxygens (including phenoxy) is 1. The Morgan fingerprint density at radius 2 is 2.29 bits per heavy atom. The second-order valence-corrected chi connectivity index (χ2v) is 5.20. The van der Waals surface area contributed by atoms with Gasteiger partial charge in [0.1, 0.15) is 5.75 Å². The fraction of sp³-hybridized carbons (Fsp3) is 0.467. The van der Waals surface area contributed by atoms with Crippen LogP contribution in [0.2, 0.25) is 0 Å². The molecule has 3 N–H and O–H groups in total. The monoisotopic (exact) mass is 291 g/mol. The highest BCUT2D eigenvalue weighted by Crippen LogP contribution is 2.15. The number of nitrogens with zero attached hydrogens (tertiary/aromatic N) is 1. The third kappa shape index (κ3) is 4.66. The molecule has 0 saturated carbocycles. The van der Waals surface area contributed by atoms with E-state index < -0.39 is 0 Å². The van der Waals surface area contributed by atoms with Crippen LogP contribution in [0, 0.1) is 0 Å². The molecule has 1 aromatic carbocycles. The van der Waals surface area contributed by atoms with Gasteiger partial charge in [0.25, 0.3) is 0 Å². The van der Waals surface area contributed by atoms with E-state index in [1.807, 2.05) is 12.1 Å². The van der Waals surface area contributed by atoms with Crippen molar-refractivity contribution in [3.8, 4) is 5.75 Å². The Kier molecular flexibility index (Phi) is 5.03. The van der Waals surface area contributed by atoms with Gasteiger partial charge in [-0.05, 0) is 18.6 Å². The number of nitrogens with two attached hydrogens (primary N) is 1. The van der Waals surface area contributed by atoms with E-state index in [1.165, 1.54) is 6.92 Å².